The molecule has 1 aliphatic heterocycles. The van der Waals surface area contributed by atoms with Gasteiger partial charge in [0, 0.05) is 37.2 Å². The number of hydrogen-bond acceptors (Lipinski definition) is 2. The molecule has 1 fully saturated rings. The Labute approximate surface area is 133 Å². The Kier molecular flexibility index (Phi) is 5.89. The maximum absolute atomic E-state index is 13.0. The zero-order chi connectivity index (χ0) is 16.2. The van der Waals surface area contributed by atoms with Gasteiger partial charge in [0.25, 0.3) is 0 Å². The van der Waals surface area contributed by atoms with Gasteiger partial charge in [0.2, 0.25) is 0 Å². The first-order valence-corrected chi connectivity index (χ1v) is 7.73. The topological polar surface area (TPSA) is 15.3 Å². The Balaban J connectivity index is 2.33. The maximum atomic E-state index is 13.0. The number of piperazine rings is 1. The largest absolute Gasteiger partial charge is 0.416 e. The standard InChI is InChI=1S/C16H20ClF3N2/c1-2-3-4-15(22-7-5-21-6-8-22)12-9-13(16(18,19)20)11-14(17)10-12/h2,9-11,15,21H,1,3-8H2/t15-/m1/s1. The van der Waals surface area contributed by atoms with E-state index in [-0.39, 0.29) is 11.1 Å². The molecule has 6 heteroatoms. The van der Waals surface area contributed by atoms with Gasteiger partial charge in [-0.25, -0.2) is 0 Å². The summed E-state index contributed by atoms with van der Waals surface area (Å²) in [6.07, 6.45) is -1.10. The van der Waals surface area contributed by atoms with Gasteiger partial charge in [-0.15, -0.1) is 6.58 Å². The fraction of sp³-hybridized carbons (Fsp3) is 0.500. The lowest BCUT2D eigenvalue weighted by molar-refractivity contribution is -0.137. The van der Waals surface area contributed by atoms with Crippen molar-refractivity contribution in [1.29, 1.82) is 0 Å². The van der Waals surface area contributed by atoms with Crippen LogP contribution in [0.1, 0.15) is 30.0 Å². The summed E-state index contributed by atoms with van der Waals surface area (Å²) in [5.41, 5.74) is -0.0580. The van der Waals surface area contributed by atoms with Gasteiger partial charge in [-0.3, -0.25) is 4.90 Å². The minimum atomic E-state index is -4.38. The first-order valence-electron chi connectivity index (χ1n) is 7.35. The van der Waals surface area contributed by atoms with Crippen molar-refractivity contribution in [3.8, 4) is 0 Å². The van der Waals surface area contributed by atoms with Crippen LogP contribution in [0, 0.1) is 0 Å². The molecule has 1 aromatic carbocycles. The smallest absolute Gasteiger partial charge is 0.314 e. The molecule has 0 unspecified atom stereocenters. The third-order valence-corrected chi connectivity index (χ3v) is 4.09. The monoisotopic (exact) mass is 332 g/mol. The lowest BCUT2D eigenvalue weighted by Crippen LogP contribution is -2.45. The van der Waals surface area contributed by atoms with E-state index in [2.05, 4.69) is 16.8 Å². The predicted molar refractivity (Wildman–Crippen MR) is 83.1 cm³/mol. The van der Waals surface area contributed by atoms with E-state index in [1.165, 1.54) is 6.07 Å². The molecule has 1 saturated heterocycles. The number of benzene rings is 1. The molecule has 0 aliphatic carbocycles. The number of nitrogens with zero attached hydrogens (tertiary/aromatic N) is 1. The van der Waals surface area contributed by atoms with E-state index in [9.17, 15) is 13.2 Å². The van der Waals surface area contributed by atoms with Gasteiger partial charge in [0.15, 0.2) is 0 Å². The molecule has 2 rings (SSSR count). The minimum Gasteiger partial charge on any atom is -0.314 e. The molecule has 2 nitrogen and oxygen atoms in total. The third kappa shape index (κ3) is 4.48. The van der Waals surface area contributed by atoms with Gasteiger partial charge >= 0.3 is 6.18 Å². The summed E-state index contributed by atoms with van der Waals surface area (Å²) in [6.45, 7) is 7.03. The lowest BCUT2D eigenvalue weighted by atomic mass is 9.97. The Morgan fingerprint density at radius 1 is 1.27 bits per heavy atom. The summed E-state index contributed by atoms with van der Waals surface area (Å²) in [7, 11) is 0. The van der Waals surface area contributed by atoms with Crippen LogP contribution < -0.4 is 5.32 Å². The van der Waals surface area contributed by atoms with Crippen molar-refractivity contribution in [2.45, 2.75) is 25.1 Å². The van der Waals surface area contributed by atoms with Gasteiger partial charge in [-0.2, -0.15) is 13.2 Å². The van der Waals surface area contributed by atoms with Gasteiger partial charge in [-0.1, -0.05) is 17.7 Å². The molecule has 1 aromatic rings. The molecule has 1 heterocycles. The van der Waals surface area contributed by atoms with Crippen LogP contribution in [0.15, 0.2) is 30.9 Å². The normalized spacial score (nSPS) is 18.2. The zero-order valence-corrected chi connectivity index (χ0v) is 13.1. The van der Waals surface area contributed by atoms with E-state index >= 15 is 0 Å². The van der Waals surface area contributed by atoms with Crippen LogP contribution in [0.2, 0.25) is 5.02 Å². The van der Waals surface area contributed by atoms with Gasteiger partial charge in [-0.05, 0) is 36.6 Å². The molecule has 22 heavy (non-hydrogen) atoms. The molecular formula is C16H20ClF3N2. The summed E-state index contributed by atoms with van der Waals surface area (Å²) >= 11 is 5.92. The second-order valence-electron chi connectivity index (χ2n) is 5.44. The molecule has 122 valence electrons. The van der Waals surface area contributed by atoms with Crippen LogP contribution in [-0.4, -0.2) is 31.1 Å². The van der Waals surface area contributed by atoms with Crippen LogP contribution >= 0.6 is 11.6 Å². The molecule has 0 spiro atoms. The van der Waals surface area contributed by atoms with Crippen molar-refractivity contribution in [2.24, 2.45) is 0 Å². The molecule has 0 saturated carbocycles. The molecule has 0 amide bonds. The predicted octanol–water partition coefficient (Wildman–Crippen LogP) is 4.27. The van der Waals surface area contributed by atoms with E-state index in [1.54, 1.807) is 12.1 Å². The summed E-state index contributed by atoms with van der Waals surface area (Å²) in [4.78, 5) is 2.21. The summed E-state index contributed by atoms with van der Waals surface area (Å²) < 4.78 is 39.0. The fourth-order valence-electron chi connectivity index (χ4n) is 2.80. The number of halogens is 4. The Morgan fingerprint density at radius 2 is 1.95 bits per heavy atom. The van der Waals surface area contributed by atoms with Crippen LogP contribution in [0.4, 0.5) is 13.2 Å². The van der Waals surface area contributed by atoms with E-state index in [4.69, 9.17) is 11.6 Å². The van der Waals surface area contributed by atoms with Crippen molar-refractivity contribution >= 4 is 11.6 Å². The van der Waals surface area contributed by atoms with Crippen molar-refractivity contribution in [3.63, 3.8) is 0 Å². The molecule has 0 aromatic heterocycles. The zero-order valence-electron chi connectivity index (χ0n) is 12.3. The second-order valence-corrected chi connectivity index (χ2v) is 5.88. The van der Waals surface area contributed by atoms with Crippen molar-refractivity contribution < 1.29 is 13.2 Å². The van der Waals surface area contributed by atoms with Crippen LogP contribution in [0.3, 0.4) is 0 Å². The van der Waals surface area contributed by atoms with Gasteiger partial charge in [0.1, 0.15) is 0 Å². The van der Waals surface area contributed by atoms with Gasteiger partial charge in [0.05, 0.1) is 5.56 Å². The summed E-state index contributed by atoms with van der Waals surface area (Å²) in [6, 6.07) is 3.78. The molecule has 1 aliphatic rings. The molecule has 0 radical (unpaired) electrons. The quantitative estimate of drug-likeness (QED) is 0.810. The van der Waals surface area contributed by atoms with Crippen molar-refractivity contribution in [1.82, 2.24) is 10.2 Å². The van der Waals surface area contributed by atoms with Crippen LogP contribution in [0.25, 0.3) is 0 Å². The van der Waals surface area contributed by atoms with Crippen LogP contribution in [0.5, 0.6) is 0 Å². The van der Waals surface area contributed by atoms with E-state index in [0.29, 0.717) is 5.56 Å². The summed E-state index contributed by atoms with van der Waals surface area (Å²) in [5.74, 6) is 0. The van der Waals surface area contributed by atoms with E-state index < -0.39 is 11.7 Å². The average molecular weight is 333 g/mol. The molecule has 1 N–H and O–H groups in total. The second kappa shape index (κ2) is 7.49. The Morgan fingerprint density at radius 3 is 2.55 bits per heavy atom. The SMILES string of the molecule is C=CCC[C@H](c1cc(Cl)cc(C(F)(F)F)c1)N1CCNCC1. The molecule has 0 bridgehead atoms. The highest BCUT2D eigenvalue weighted by molar-refractivity contribution is 6.30. The Hall–Kier alpha value is -1.04. The highest BCUT2D eigenvalue weighted by Gasteiger charge is 2.32. The third-order valence-electron chi connectivity index (χ3n) is 3.87. The number of hydrogen-bond donors (Lipinski definition) is 1. The van der Waals surface area contributed by atoms with Crippen molar-refractivity contribution in [2.75, 3.05) is 26.2 Å². The first-order chi connectivity index (χ1) is 10.4. The first kappa shape index (κ1) is 17.3. The van der Waals surface area contributed by atoms with Gasteiger partial charge < -0.3 is 5.32 Å². The maximum Gasteiger partial charge on any atom is 0.416 e. The number of rotatable bonds is 5. The number of nitrogens with one attached hydrogen (secondary N) is 1. The minimum absolute atomic E-state index is 0.0695. The van der Waals surface area contributed by atoms with Crippen LogP contribution in [-0.2, 0) is 6.18 Å². The van der Waals surface area contributed by atoms with Crippen molar-refractivity contribution in [3.05, 3.63) is 47.0 Å². The lowest BCUT2D eigenvalue weighted by Gasteiger charge is -2.35. The highest BCUT2D eigenvalue weighted by atomic mass is 35.5. The molecule has 1 atom stereocenters. The molecular weight excluding hydrogens is 313 g/mol. The van der Waals surface area contributed by atoms with E-state index in [0.717, 1.165) is 45.1 Å². The fourth-order valence-corrected chi connectivity index (χ4v) is 3.04. The summed E-state index contributed by atoms with van der Waals surface area (Å²) in [5, 5.41) is 3.38. The van der Waals surface area contributed by atoms with E-state index in [1.807, 2.05) is 0 Å². The number of allylic oxidation sites excluding steroid dienone is 1. The number of alkyl halides is 3. The average Bonchev–Trinajstić information content (AvgIpc) is 2.47. The highest BCUT2D eigenvalue weighted by Crippen LogP contribution is 2.35. The Bertz CT molecular complexity index is 511.